The normalized spacial score (nSPS) is 31.9. The molecule has 0 saturated carbocycles. The molecule has 5 saturated heterocycles. The van der Waals surface area contributed by atoms with E-state index in [9.17, 15) is 14.4 Å². The lowest BCUT2D eigenvalue weighted by molar-refractivity contribution is -0.140. The summed E-state index contributed by atoms with van der Waals surface area (Å²) in [5.74, 6) is 0.930. The molecule has 8 nitrogen and oxygen atoms in total. The van der Waals surface area contributed by atoms with E-state index in [0.717, 1.165) is 45.3 Å². The Bertz CT molecular complexity index is 1170. The Balaban J connectivity index is 0.00000368. The first-order valence-corrected chi connectivity index (χ1v) is 16.3. The number of piperidine rings is 1. The number of amides is 4. The fraction of sp³-hybridized carbons (Fsp3) is 0.735. The maximum atomic E-state index is 14.3. The van der Waals surface area contributed by atoms with Crippen LogP contribution in [0.15, 0.2) is 30.3 Å². The van der Waals surface area contributed by atoms with E-state index in [1.807, 2.05) is 4.90 Å². The molecular formula is C34H51ClN4O4. The molecular weight excluding hydrogens is 564 g/mol. The van der Waals surface area contributed by atoms with Crippen molar-refractivity contribution in [2.75, 3.05) is 32.8 Å². The number of carbonyl (C=O) groups is 3. The van der Waals surface area contributed by atoms with Gasteiger partial charge in [0, 0.05) is 69.4 Å². The van der Waals surface area contributed by atoms with Gasteiger partial charge in [-0.1, -0.05) is 51.1 Å². The van der Waals surface area contributed by atoms with Gasteiger partial charge in [0.15, 0.2) is 0 Å². The molecule has 4 amide bonds. The van der Waals surface area contributed by atoms with Gasteiger partial charge in [-0.2, -0.15) is 0 Å². The second kappa shape index (κ2) is 12.3. The summed E-state index contributed by atoms with van der Waals surface area (Å²) in [5.41, 5.74) is 0.530. The molecule has 1 aromatic carbocycles. The number of urea groups is 1. The maximum absolute atomic E-state index is 14.3. The molecule has 5 aliphatic heterocycles. The van der Waals surface area contributed by atoms with Crippen LogP contribution in [-0.2, 0) is 14.3 Å². The minimum absolute atomic E-state index is 0. The van der Waals surface area contributed by atoms with Crippen molar-refractivity contribution >= 4 is 30.3 Å². The van der Waals surface area contributed by atoms with Crippen molar-refractivity contribution in [3.8, 4) is 0 Å². The molecule has 0 aromatic heterocycles. The Labute approximate surface area is 263 Å². The Kier molecular flexibility index (Phi) is 9.24. The van der Waals surface area contributed by atoms with Gasteiger partial charge in [-0.25, -0.2) is 4.79 Å². The highest BCUT2D eigenvalue weighted by atomic mass is 35.5. The molecule has 5 fully saturated rings. The number of imide groups is 1. The lowest BCUT2D eigenvalue weighted by Gasteiger charge is -2.48. The third-order valence-corrected chi connectivity index (χ3v) is 10.6. The average Bonchev–Trinajstić information content (AvgIpc) is 3.53. The van der Waals surface area contributed by atoms with Gasteiger partial charge in [-0.05, 0) is 69.3 Å². The van der Waals surface area contributed by atoms with Crippen LogP contribution < -0.4 is 0 Å². The van der Waals surface area contributed by atoms with E-state index < -0.39 is 5.54 Å². The standard InChI is InChI=1S/C34H50N4O4.ClH/c1-23(2)38-32(41)37(26-13-15-42-16-14-26)31(40)34(38)17-27-11-12-28(18-34)36(27)21-25-20-35(30(39)19-33(3,4)5)22-29(25)24-9-7-6-8-10-24;/h6-10,23,25-29H,11-22H2,1-5H3;1H/t25-,27?,28?,29-,34?;/m1./s1. The molecule has 2 unspecified atom stereocenters. The third kappa shape index (κ3) is 5.96. The number of hydrogen-bond donors (Lipinski definition) is 0. The van der Waals surface area contributed by atoms with Crippen molar-refractivity contribution in [2.45, 2.75) is 115 Å². The number of carbonyl (C=O) groups excluding carboxylic acids is 3. The summed E-state index contributed by atoms with van der Waals surface area (Å²) in [6.07, 6.45) is 5.56. The van der Waals surface area contributed by atoms with E-state index in [1.165, 1.54) is 5.56 Å². The monoisotopic (exact) mass is 614 g/mol. The van der Waals surface area contributed by atoms with Gasteiger partial charge < -0.3 is 14.5 Å². The molecule has 5 aliphatic rings. The zero-order chi connectivity index (χ0) is 29.8. The van der Waals surface area contributed by atoms with E-state index in [1.54, 1.807) is 4.90 Å². The number of halogens is 1. The predicted molar refractivity (Wildman–Crippen MR) is 169 cm³/mol. The zero-order valence-corrected chi connectivity index (χ0v) is 27.5. The molecule has 4 atom stereocenters. The molecule has 0 aliphatic carbocycles. The molecule has 6 rings (SSSR count). The van der Waals surface area contributed by atoms with Gasteiger partial charge in [-0.15, -0.1) is 12.4 Å². The molecule has 238 valence electrons. The first kappa shape index (κ1) is 32.2. The van der Waals surface area contributed by atoms with Crippen LogP contribution in [0.25, 0.3) is 0 Å². The Hall–Kier alpha value is -2.16. The number of fused-ring (bicyclic) bond motifs is 2. The maximum Gasteiger partial charge on any atom is 0.328 e. The highest BCUT2D eigenvalue weighted by Crippen LogP contribution is 2.50. The highest BCUT2D eigenvalue weighted by molar-refractivity contribution is 6.07. The number of ether oxygens (including phenoxy) is 1. The minimum Gasteiger partial charge on any atom is -0.381 e. The lowest BCUT2D eigenvalue weighted by Crippen LogP contribution is -2.62. The van der Waals surface area contributed by atoms with Crippen LogP contribution in [0.3, 0.4) is 0 Å². The molecule has 0 radical (unpaired) electrons. The molecule has 2 bridgehead atoms. The van der Waals surface area contributed by atoms with E-state index in [4.69, 9.17) is 4.74 Å². The predicted octanol–water partition coefficient (Wildman–Crippen LogP) is 5.30. The van der Waals surface area contributed by atoms with E-state index >= 15 is 0 Å². The van der Waals surface area contributed by atoms with Gasteiger partial charge in [0.1, 0.15) is 5.54 Å². The third-order valence-electron chi connectivity index (χ3n) is 10.6. The lowest BCUT2D eigenvalue weighted by atomic mass is 9.79. The summed E-state index contributed by atoms with van der Waals surface area (Å²) in [4.78, 5) is 49.8. The zero-order valence-electron chi connectivity index (χ0n) is 26.7. The van der Waals surface area contributed by atoms with E-state index in [-0.39, 0.29) is 59.8 Å². The summed E-state index contributed by atoms with van der Waals surface area (Å²) in [6, 6.07) is 11.1. The first-order valence-electron chi connectivity index (χ1n) is 16.3. The number of likely N-dealkylation sites (tertiary alicyclic amines) is 1. The molecule has 5 heterocycles. The van der Waals surface area contributed by atoms with Gasteiger partial charge in [0.25, 0.3) is 5.91 Å². The largest absolute Gasteiger partial charge is 0.381 e. The van der Waals surface area contributed by atoms with Crippen molar-refractivity contribution < 1.29 is 19.1 Å². The van der Waals surface area contributed by atoms with Crippen molar-refractivity contribution in [1.29, 1.82) is 0 Å². The second-order valence-electron chi connectivity index (χ2n) is 15.1. The summed E-state index contributed by atoms with van der Waals surface area (Å²) in [6.45, 7) is 14.2. The highest BCUT2D eigenvalue weighted by Gasteiger charge is 2.64. The average molecular weight is 615 g/mol. The van der Waals surface area contributed by atoms with Crippen LogP contribution in [0, 0.1) is 11.3 Å². The minimum atomic E-state index is -0.741. The molecule has 43 heavy (non-hydrogen) atoms. The number of nitrogens with zero attached hydrogens (tertiary/aromatic N) is 4. The number of rotatable bonds is 6. The van der Waals surface area contributed by atoms with Gasteiger partial charge in [0.05, 0.1) is 0 Å². The smallest absolute Gasteiger partial charge is 0.328 e. The Morgan fingerprint density at radius 1 is 0.953 bits per heavy atom. The number of benzene rings is 1. The Morgan fingerprint density at radius 2 is 1.58 bits per heavy atom. The summed E-state index contributed by atoms with van der Waals surface area (Å²) in [5, 5.41) is 0. The summed E-state index contributed by atoms with van der Waals surface area (Å²) in [7, 11) is 0. The molecule has 1 spiro atoms. The summed E-state index contributed by atoms with van der Waals surface area (Å²) < 4.78 is 5.55. The van der Waals surface area contributed by atoms with E-state index in [2.05, 4.69) is 74.8 Å². The van der Waals surface area contributed by atoms with Gasteiger partial charge in [0.2, 0.25) is 5.91 Å². The van der Waals surface area contributed by atoms with Gasteiger partial charge >= 0.3 is 6.03 Å². The fourth-order valence-electron chi connectivity index (χ4n) is 8.85. The van der Waals surface area contributed by atoms with Gasteiger partial charge in [-0.3, -0.25) is 19.4 Å². The van der Waals surface area contributed by atoms with Crippen LogP contribution in [0.5, 0.6) is 0 Å². The van der Waals surface area contributed by atoms with Crippen molar-refractivity contribution in [3.63, 3.8) is 0 Å². The molecule has 9 heteroatoms. The quantitative estimate of drug-likeness (QED) is 0.407. The van der Waals surface area contributed by atoms with Crippen LogP contribution in [-0.4, -0.2) is 100.0 Å². The van der Waals surface area contributed by atoms with Crippen molar-refractivity contribution in [1.82, 2.24) is 19.6 Å². The van der Waals surface area contributed by atoms with Crippen LogP contribution >= 0.6 is 12.4 Å². The van der Waals surface area contributed by atoms with Crippen LogP contribution in [0.4, 0.5) is 4.79 Å². The van der Waals surface area contributed by atoms with Crippen LogP contribution in [0.2, 0.25) is 0 Å². The summed E-state index contributed by atoms with van der Waals surface area (Å²) >= 11 is 0. The van der Waals surface area contributed by atoms with Crippen molar-refractivity contribution in [3.05, 3.63) is 35.9 Å². The topological polar surface area (TPSA) is 73.4 Å². The van der Waals surface area contributed by atoms with E-state index in [0.29, 0.717) is 44.3 Å². The molecule has 0 N–H and O–H groups in total. The molecule has 1 aromatic rings. The second-order valence-corrected chi connectivity index (χ2v) is 15.1. The first-order chi connectivity index (χ1) is 20.0. The SMILES string of the molecule is CC(C)N1C(=O)N(C2CCOCC2)C(=O)C12CC1CCC(C2)N1C[C@H]1CN(C(=O)CC(C)(C)C)C[C@@H]1c1ccccc1.Cl. The number of hydrogen-bond acceptors (Lipinski definition) is 5. The fourth-order valence-corrected chi connectivity index (χ4v) is 8.85. The van der Waals surface area contributed by atoms with Crippen LogP contribution in [0.1, 0.15) is 91.0 Å². The van der Waals surface area contributed by atoms with Crippen molar-refractivity contribution in [2.24, 2.45) is 11.3 Å². The Morgan fingerprint density at radius 3 is 2.16 bits per heavy atom.